The molecule has 8 heteroatoms. The summed E-state index contributed by atoms with van der Waals surface area (Å²) in [5.74, 6) is -0.853. The van der Waals surface area contributed by atoms with Gasteiger partial charge in [-0.1, -0.05) is 30.3 Å². The van der Waals surface area contributed by atoms with Crippen LogP contribution in [0.2, 0.25) is 0 Å². The van der Waals surface area contributed by atoms with Crippen LogP contribution in [0.4, 0.5) is 0 Å². The van der Waals surface area contributed by atoms with Gasteiger partial charge in [0, 0.05) is 6.54 Å². The van der Waals surface area contributed by atoms with Crippen molar-refractivity contribution in [2.45, 2.75) is 44.6 Å². The first-order valence-corrected chi connectivity index (χ1v) is 10.8. The maximum Gasteiger partial charge on any atom is 0.311 e. The summed E-state index contributed by atoms with van der Waals surface area (Å²) in [5, 5.41) is 7.76. The summed E-state index contributed by atoms with van der Waals surface area (Å²) in [4.78, 5) is 24.2. The summed E-state index contributed by atoms with van der Waals surface area (Å²) >= 11 is 0. The fourth-order valence-corrected chi connectivity index (χ4v) is 3.21. The third-order valence-electron chi connectivity index (χ3n) is 4.56. The van der Waals surface area contributed by atoms with Crippen molar-refractivity contribution in [2.75, 3.05) is 6.54 Å². The zero-order chi connectivity index (χ0) is 21.6. The average molecular weight is 419 g/mol. The van der Waals surface area contributed by atoms with E-state index in [2.05, 4.69) is 5.32 Å². The summed E-state index contributed by atoms with van der Waals surface area (Å²) in [6.07, 6.45) is -0.298. The minimum Gasteiger partial charge on any atom is -0.452 e. The van der Waals surface area contributed by atoms with Gasteiger partial charge in [0.05, 0.1) is 11.3 Å². The molecule has 1 amide bonds. The van der Waals surface area contributed by atoms with E-state index in [-0.39, 0.29) is 17.2 Å². The van der Waals surface area contributed by atoms with Gasteiger partial charge in [0.1, 0.15) is 0 Å². The van der Waals surface area contributed by atoms with Crippen LogP contribution in [0.25, 0.3) is 0 Å². The van der Waals surface area contributed by atoms with Crippen LogP contribution < -0.4 is 10.5 Å². The molecule has 2 aromatic rings. The quantitative estimate of drug-likeness (QED) is 0.634. The smallest absolute Gasteiger partial charge is 0.311 e. The zero-order valence-corrected chi connectivity index (χ0v) is 17.6. The number of nitrogens with two attached hydrogens (primary N) is 1. The maximum atomic E-state index is 12.1. The zero-order valence-electron chi connectivity index (χ0n) is 16.8. The van der Waals surface area contributed by atoms with Crippen LogP contribution in [0, 0.1) is 13.8 Å². The van der Waals surface area contributed by atoms with E-state index < -0.39 is 22.1 Å². The number of hydrogen-bond donors (Lipinski definition) is 2. The first-order valence-electron chi connectivity index (χ1n) is 9.21. The fourth-order valence-electron chi connectivity index (χ4n) is 2.69. The largest absolute Gasteiger partial charge is 0.452 e. The number of benzene rings is 2. The van der Waals surface area contributed by atoms with Crippen LogP contribution in [0.5, 0.6) is 0 Å². The number of nitrogens with one attached hydrogen (secondary N) is 1. The highest BCUT2D eigenvalue weighted by Crippen LogP contribution is 2.11. The molecule has 7 nitrogen and oxygen atoms in total. The highest BCUT2D eigenvalue weighted by molar-refractivity contribution is 7.89. The molecule has 0 aromatic heterocycles. The Morgan fingerprint density at radius 2 is 1.66 bits per heavy atom. The van der Waals surface area contributed by atoms with E-state index >= 15 is 0 Å². The number of carbonyl (C=O) groups excluding carboxylic acids is 2. The van der Waals surface area contributed by atoms with Crippen molar-refractivity contribution in [1.82, 2.24) is 5.32 Å². The molecule has 0 aliphatic rings. The first kappa shape index (κ1) is 22.6. The molecule has 0 fully saturated rings. The standard InChI is InChI=1S/C21H26N2O5S/c1-14-4-5-18(12-15(14)2)13-20(24)28-16(3)21(25)23-11-10-17-6-8-19(9-7-17)29(22,26)27/h4-9,12,16H,10-11,13H2,1-3H3,(H,23,25)(H2,22,26,27)/t16-/m0/s1. The summed E-state index contributed by atoms with van der Waals surface area (Å²) in [6, 6.07) is 11.9. The Bertz CT molecular complexity index is 985. The van der Waals surface area contributed by atoms with E-state index in [0.717, 1.165) is 22.3 Å². The van der Waals surface area contributed by atoms with Gasteiger partial charge in [0.15, 0.2) is 6.10 Å². The van der Waals surface area contributed by atoms with Crippen molar-refractivity contribution in [3.63, 3.8) is 0 Å². The molecule has 0 unspecified atom stereocenters. The van der Waals surface area contributed by atoms with Gasteiger partial charge in [0.25, 0.3) is 5.91 Å². The number of sulfonamides is 1. The lowest BCUT2D eigenvalue weighted by Gasteiger charge is -2.14. The first-order chi connectivity index (χ1) is 13.6. The SMILES string of the molecule is Cc1ccc(CC(=O)O[C@@H](C)C(=O)NCCc2ccc(S(N)(=O)=O)cc2)cc1C. The average Bonchev–Trinajstić information content (AvgIpc) is 2.64. The van der Waals surface area contributed by atoms with Gasteiger partial charge >= 0.3 is 5.97 Å². The van der Waals surface area contributed by atoms with Crippen molar-refractivity contribution in [1.29, 1.82) is 0 Å². The molecule has 0 aliphatic carbocycles. The molecule has 29 heavy (non-hydrogen) atoms. The third-order valence-corrected chi connectivity index (χ3v) is 5.49. The third kappa shape index (κ3) is 6.99. The van der Waals surface area contributed by atoms with Crippen LogP contribution in [0.3, 0.4) is 0 Å². The highest BCUT2D eigenvalue weighted by Gasteiger charge is 2.17. The van der Waals surface area contributed by atoms with Crippen molar-refractivity contribution >= 4 is 21.9 Å². The molecule has 2 aromatic carbocycles. The van der Waals surface area contributed by atoms with Gasteiger partial charge in [-0.25, -0.2) is 13.6 Å². The van der Waals surface area contributed by atoms with Crippen LogP contribution in [-0.2, 0) is 37.2 Å². The lowest BCUT2D eigenvalue weighted by atomic mass is 10.0. The molecule has 0 saturated carbocycles. The number of ether oxygens (including phenoxy) is 1. The molecule has 1 atom stereocenters. The number of aryl methyl sites for hydroxylation is 2. The number of carbonyl (C=O) groups is 2. The Kier molecular flexibility index (Phi) is 7.53. The molecule has 0 bridgehead atoms. The van der Waals surface area contributed by atoms with E-state index in [0.29, 0.717) is 13.0 Å². The van der Waals surface area contributed by atoms with Crippen molar-refractivity contribution in [3.05, 3.63) is 64.7 Å². The number of rotatable bonds is 8. The summed E-state index contributed by atoms with van der Waals surface area (Å²) < 4.78 is 27.7. The lowest BCUT2D eigenvalue weighted by molar-refractivity contribution is -0.154. The van der Waals surface area contributed by atoms with E-state index in [1.807, 2.05) is 32.0 Å². The monoisotopic (exact) mass is 418 g/mol. The summed E-state index contributed by atoms with van der Waals surface area (Å²) in [7, 11) is -3.72. The molecule has 0 saturated heterocycles. The number of primary sulfonamides is 1. The minimum atomic E-state index is -3.72. The molecule has 156 valence electrons. The second kappa shape index (κ2) is 9.67. The van der Waals surface area contributed by atoms with Gasteiger partial charge in [-0.15, -0.1) is 0 Å². The molecular formula is C21H26N2O5S. The van der Waals surface area contributed by atoms with Gasteiger partial charge in [-0.2, -0.15) is 0 Å². The molecule has 0 radical (unpaired) electrons. The highest BCUT2D eigenvalue weighted by atomic mass is 32.2. The van der Waals surface area contributed by atoms with Gasteiger partial charge < -0.3 is 10.1 Å². The number of amides is 1. The molecule has 0 aliphatic heterocycles. The van der Waals surface area contributed by atoms with Crippen molar-refractivity contribution < 1.29 is 22.7 Å². The minimum absolute atomic E-state index is 0.0367. The van der Waals surface area contributed by atoms with Crippen LogP contribution in [0.15, 0.2) is 47.4 Å². The van der Waals surface area contributed by atoms with Gasteiger partial charge in [-0.3, -0.25) is 9.59 Å². The van der Waals surface area contributed by atoms with E-state index in [9.17, 15) is 18.0 Å². The fraction of sp³-hybridized carbons (Fsp3) is 0.333. The Morgan fingerprint density at radius 1 is 1.03 bits per heavy atom. The summed E-state index contributed by atoms with van der Waals surface area (Å²) in [6.45, 7) is 5.82. The van der Waals surface area contributed by atoms with Gasteiger partial charge in [0.2, 0.25) is 10.0 Å². The molecule has 2 rings (SSSR count). The van der Waals surface area contributed by atoms with Crippen LogP contribution in [-0.4, -0.2) is 32.9 Å². The Labute approximate surface area is 171 Å². The normalized spacial score (nSPS) is 12.3. The van der Waals surface area contributed by atoms with Crippen molar-refractivity contribution in [3.8, 4) is 0 Å². The maximum absolute atomic E-state index is 12.1. The van der Waals surface area contributed by atoms with Crippen LogP contribution in [0.1, 0.15) is 29.2 Å². The Balaban J connectivity index is 1.78. The van der Waals surface area contributed by atoms with Gasteiger partial charge in [-0.05, 0) is 61.6 Å². The Morgan fingerprint density at radius 3 is 2.24 bits per heavy atom. The number of esters is 1. The van der Waals surface area contributed by atoms with E-state index in [1.54, 1.807) is 12.1 Å². The topological polar surface area (TPSA) is 116 Å². The Hall–Kier alpha value is -2.71. The second-order valence-electron chi connectivity index (χ2n) is 6.96. The molecule has 3 N–H and O–H groups in total. The predicted molar refractivity (Wildman–Crippen MR) is 110 cm³/mol. The molecule has 0 spiro atoms. The van der Waals surface area contributed by atoms with Crippen LogP contribution >= 0.6 is 0 Å². The summed E-state index contributed by atoms with van der Waals surface area (Å²) in [5.41, 5.74) is 3.93. The van der Waals surface area contributed by atoms with E-state index in [4.69, 9.17) is 9.88 Å². The molecular weight excluding hydrogens is 392 g/mol. The lowest BCUT2D eigenvalue weighted by Crippen LogP contribution is -2.37. The second-order valence-corrected chi connectivity index (χ2v) is 8.52. The predicted octanol–water partition coefficient (Wildman–Crippen LogP) is 1.78. The molecule has 0 heterocycles. The van der Waals surface area contributed by atoms with Crippen molar-refractivity contribution in [2.24, 2.45) is 5.14 Å². The number of hydrogen-bond acceptors (Lipinski definition) is 5. The van der Waals surface area contributed by atoms with E-state index in [1.165, 1.54) is 19.1 Å².